The topological polar surface area (TPSA) is 72.5 Å². The molecule has 126 valence electrons. The van der Waals surface area contributed by atoms with Gasteiger partial charge in [-0.2, -0.15) is 4.31 Å². The van der Waals surface area contributed by atoms with Gasteiger partial charge in [0, 0.05) is 25.7 Å². The van der Waals surface area contributed by atoms with Crippen molar-refractivity contribution in [2.24, 2.45) is 0 Å². The molecule has 0 N–H and O–H groups in total. The molecule has 2 heterocycles. The van der Waals surface area contributed by atoms with Gasteiger partial charge in [-0.05, 0) is 31.9 Å². The largest absolute Gasteiger partial charge is 0.419 e. The molecule has 0 amide bonds. The van der Waals surface area contributed by atoms with Gasteiger partial charge in [-0.1, -0.05) is 19.3 Å². The van der Waals surface area contributed by atoms with Crippen LogP contribution in [0, 0.1) is 0 Å². The smallest absolute Gasteiger partial charge is 0.408 e. The van der Waals surface area contributed by atoms with Crippen molar-refractivity contribution < 1.29 is 12.8 Å². The van der Waals surface area contributed by atoms with Gasteiger partial charge in [-0.25, -0.2) is 13.2 Å². The van der Waals surface area contributed by atoms with Gasteiger partial charge in [0.2, 0.25) is 10.0 Å². The Bertz CT molecular complexity index is 843. The van der Waals surface area contributed by atoms with Gasteiger partial charge in [0.25, 0.3) is 0 Å². The zero-order chi connectivity index (χ0) is 16.4. The molecule has 0 unspecified atom stereocenters. The highest BCUT2D eigenvalue weighted by atomic mass is 32.2. The highest BCUT2D eigenvalue weighted by Crippen LogP contribution is 2.23. The van der Waals surface area contributed by atoms with Crippen LogP contribution in [0.1, 0.15) is 39.0 Å². The van der Waals surface area contributed by atoms with Crippen molar-refractivity contribution in [3.8, 4) is 0 Å². The summed E-state index contributed by atoms with van der Waals surface area (Å²) in [6.07, 6.45) is 5.10. The van der Waals surface area contributed by atoms with Gasteiger partial charge in [0.1, 0.15) is 0 Å². The predicted molar refractivity (Wildman–Crippen MR) is 88.0 cm³/mol. The standard InChI is InChI=1S/C16H22N2O4S/c1-2-18-14-9-8-13(12-15(14)22-16(18)19)23(20,21)17-10-6-4-3-5-7-11-17/h8-9,12H,2-7,10-11H2,1H3. The van der Waals surface area contributed by atoms with Crippen molar-refractivity contribution in [3.63, 3.8) is 0 Å². The summed E-state index contributed by atoms with van der Waals surface area (Å²) in [4.78, 5) is 11.9. The molecule has 1 aliphatic rings. The second kappa shape index (κ2) is 6.49. The Kier molecular flexibility index (Phi) is 4.59. The lowest BCUT2D eigenvalue weighted by atomic mass is 10.1. The molecule has 0 radical (unpaired) electrons. The molecule has 1 fully saturated rings. The zero-order valence-corrected chi connectivity index (χ0v) is 14.1. The maximum atomic E-state index is 12.9. The van der Waals surface area contributed by atoms with Crippen LogP contribution in [0.15, 0.2) is 32.3 Å². The van der Waals surface area contributed by atoms with Crippen LogP contribution in [0.25, 0.3) is 11.1 Å². The SMILES string of the molecule is CCn1c(=O)oc2cc(S(=O)(=O)N3CCCCCCC3)ccc21. The van der Waals surface area contributed by atoms with Crippen molar-refractivity contribution in [3.05, 3.63) is 28.7 Å². The molecule has 7 heteroatoms. The molecule has 0 aliphatic carbocycles. The number of sulfonamides is 1. The molecular weight excluding hydrogens is 316 g/mol. The predicted octanol–water partition coefficient (Wildman–Crippen LogP) is 2.57. The molecule has 0 bridgehead atoms. The van der Waals surface area contributed by atoms with Crippen molar-refractivity contribution in [2.45, 2.75) is 50.5 Å². The van der Waals surface area contributed by atoms with Crippen LogP contribution in [0.4, 0.5) is 0 Å². The number of oxazole rings is 1. The van der Waals surface area contributed by atoms with Crippen molar-refractivity contribution >= 4 is 21.1 Å². The third-order valence-corrected chi connectivity index (χ3v) is 6.30. The van der Waals surface area contributed by atoms with Crippen molar-refractivity contribution in [2.75, 3.05) is 13.1 Å². The first kappa shape index (κ1) is 16.3. The molecule has 2 aromatic rings. The summed E-state index contributed by atoms with van der Waals surface area (Å²) in [6.45, 7) is 3.45. The lowest BCUT2D eigenvalue weighted by molar-refractivity contribution is 0.364. The second-order valence-corrected chi connectivity index (χ2v) is 7.85. The fourth-order valence-corrected chi connectivity index (χ4v) is 4.65. The third kappa shape index (κ3) is 3.07. The normalized spacial score (nSPS) is 18.0. The third-order valence-electron chi connectivity index (χ3n) is 4.41. The van der Waals surface area contributed by atoms with E-state index in [1.165, 1.54) is 17.1 Å². The molecule has 0 spiro atoms. The first-order valence-corrected chi connectivity index (χ1v) is 9.61. The Morgan fingerprint density at radius 3 is 2.39 bits per heavy atom. The van der Waals surface area contributed by atoms with Crippen LogP contribution in [0.2, 0.25) is 0 Å². The quantitative estimate of drug-likeness (QED) is 0.862. The first-order chi connectivity index (χ1) is 11.0. The maximum Gasteiger partial charge on any atom is 0.419 e. The van der Waals surface area contributed by atoms with Crippen molar-refractivity contribution in [1.82, 2.24) is 8.87 Å². The average molecular weight is 338 g/mol. The number of hydrogen-bond acceptors (Lipinski definition) is 4. The molecule has 0 atom stereocenters. The van der Waals surface area contributed by atoms with E-state index in [0.29, 0.717) is 30.7 Å². The molecule has 1 aromatic carbocycles. The number of nitrogens with zero attached hydrogens (tertiary/aromatic N) is 2. The molecule has 6 nitrogen and oxygen atoms in total. The second-order valence-electron chi connectivity index (χ2n) is 5.91. The van der Waals surface area contributed by atoms with Gasteiger partial charge >= 0.3 is 5.76 Å². The van der Waals surface area contributed by atoms with Gasteiger partial charge in [0.15, 0.2) is 5.58 Å². The van der Waals surface area contributed by atoms with E-state index in [4.69, 9.17) is 4.42 Å². The lowest BCUT2D eigenvalue weighted by Crippen LogP contribution is -2.33. The van der Waals surface area contributed by atoms with E-state index in [9.17, 15) is 13.2 Å². The van der Waals surface area contributed by atoms with Gasteiger partial charge < -0.3 is 4.42 Å². The highest BCUT2D eigenvalue weighted by molar-refractivity contribution is 7.89. The number of aromatic nitrogens is 1. The van der Waals surface area contributed by atoms with Crippen LogP contribution in [0.5, 0.6) is 0 Å². The molecule has 1 aliphatic heterocycles. The number of fused-ring (bicyclic) bond motifs is 1. The van der Waals surface area contributed by atoms with E-state index >= 15 is 0 Å². The lowest BCUT2D eigenvalue weighted by Gasteiger charge is -2.24. The average Bonchev–Trinajstić information content (AvgIpc) is 2.80. The summed E-state index contributed by atoms with van der Waals surface area (Å²) < 4.78 is 33.9. The number of rotatable bonds is 3. The van der Waals surface area contributed by atoms with Crippen LogP contribution in [-0.2, 0) is 16.6 Å². The number of aryl methyl sites for hydroxylation is 1. The van der Waals surface area contributed by atoms with E-state index in [2.05, 4.69) is 0 Å². The van der Waals surface area contributed by atoms with Crippen molar-refractivity contribution in [1.29, 1.82) is 0 Å². The molecule has 1 saturated heterocycles. The summed E-state index contributed by atoms with van der Waals surface area (Å²) >= 11 is 0. The fraction of sp³-hybridized carbons (Fsp3) is 0.562. The minimum atomic E-state index is -3.54. The molecule has 0 saturated carbocycles. The summed E-state index contributed by atoms with van der Waals surface area (Å²) in [7, 11) is -3.54. The number of hydrogen-bond donors (Lipinski definition) is 0. The summed E-state index contributed by atoms with van der Waals surface area (Å²) in [6, 6.07) is 4.69. The van der Waals surface area contributed by atoms with E-state index in [1.54, 1.807) is 16.4 Å². The Morgan fingerprint density at radius 1 is 1.09 bits per heavy atom. The van der Waals surface area contributed by atoms with E-state index in [-0.39, 0.29) is 4.90 Å². The Morgan fingerprint density at radius 2 is 1.74 bits per heavy atom. The number of benzene rings is 1. The minimum Gasteiger partial charge on any atom is -0.408 e. The maximum absolute atomic E-state index is 12.9. The molecule has 1 aromatic heterocycles. The van der Waals surface area contributed by atoms with Crippen LogP contribution >= 0.6 is 0 Å². The van der Waals surface area contributed by atoms with Gasteiger partial charge in [0.05, 0.1) is 10.4 Å². The van der Waals surface area contributed by atoms with E-state index in [1.807, 2.05) is 6.92 Å². The molecular formula is C16H22N2O4S. The Balaban J connectivity index is 1.99. The summed E-state index contributed by atoms with van der Waals surface area (Å²) in [5.74, 6) is -0.455. The Labute approximate surface area is 135 Å². The first-order valence-electron chi connectivity index (χ1n) is 8.17. The Hall–Kier alpha value is -1.60. The van der Waals surface area contributed by atoms with Crippen LogP contribution in [0.3, 0.4) is 0 Å². The van der Waals surface area contributed by atoms with Gasteiger partial charge in [-0.3, -0.25) is 4.57 Å². The van der Waals surface area contributed by atoms with E-state index < -0.39 is 15.8 Å². The van der Waals surface area contributed by atoms with Crippen LogP contribution < -0.4 is 5.76 Å². The van der Waals surface area contributed by atoms with Crippen LogP contribution in [-0.4, -0.2) is 30.4 Å². The minimum absolute atomic E-state index is 0.197. The zero-order valence-electron chi connectivity index (χ0n) is 13.3. The van der Waals surface area contributed by atoms with E-state index in [0.717, 1.165) is 25.7 Å². The summed E-state index contributed by atoms with van der Waals surface area (Å²) in [5, 5.41) is 0. The summed E-state index contributed by atoms with van der Waals surface area (Å²) in [5.41, 5.74) is 0.953. The molecule has 3 rings (SSSR count). The van der Waals surface area contributed by atoms with Gasteiger partial charge in [-0.15, -0.1) is 0 Å². The monoisotopic (exact) mass is 338 g/mol. The highest BCUT2D eigenvalue weighted by Gasteiger charge is 2.25. The fourth-order valence-electron chi connectivity index (χ4n) is 3.11. The molecule has 23 heavy (non-hydrogen) atoms.